The van der Waals surface area contributed by atoms with Crippen molar-refractivity contribution in [3.63, 3.8) is 0 Å². The van der Waals surface area contributed by atoms with Crippen LogP contribution in [-0.4, -0.2) is 24.5 Å². The molecule has 1 aliphatic carbocycles. The van der Waals surface area contributed by atoms with Crippen molar-refractivity contribution >= 4 is 33.0 Å². The Hall–Kier alpha value is -3.22. The summed E-state index contributed by atoms with van der Waals surface area (Å²) in [5.74, 6) is 1.17. The van der Waals surface area contributed by atoms with Crippen molar-refractivity contribution in [3.8, 4) is 0 Å². The lowest BCUT2D eigenvalue weighted by Gasteiger charge is -2.24. The molecule has 0 atom stereocenters. The molecule has 37 heavy (non-hydrogen) atoms. The number of aromatic nitrogens is 5. The Morgan fingerprint density at radius 1 is 0.919 bits per heavy atom. The van der Waals surface area contributed by atoms with Gasteiger partial charge in [0.2, 0.25) is 5.95 Å². The van der Waals surface area contributed by atoms with Crippen LogP contribution in [0.25, 0.3) is 11.2 Å². The topological polar surface area (TPSA) is 59.7 Å². The number of pyridine rings is 1. The molecule has 0 radical (unpaired) electrons. The van der Waals surface area contributed by atoms with Gasteiger partial charge in [0.15, 0.2) is 5.65 Å². The van der Waals surface area contributed by atoms with Gasteiger partial charge in [0.25, 0.3) is 0 Å². The number of nitrogens with zero attached hydrogens (tertiary/aromatic N) is 6. The molecule has 194 valence electrons. The second-order valence-electron chi connectivity index (χ2n) is 8.90. The third-order valence-electron chi connectivity index (χ3n) is 5.98. The second kappa shape index (κ2) is 9.58. The third-order valence-corrected chi connectivity index (χ3v) is 6.39. The van der Waals surface area contributed by atoms with Crippen LogP contribution in [0.1, 0.15) is 35.4 Å². The van der Waals surface area contributed by atoms with Crippen molar-refractivity contribution < 1.29 is 26.3 Å². The lowest BCUT2D eigenvalue weighted by molar-refractivity contribution is -0.143. The molecule has 1 aliphatic rings. The maximum atomic E-state index is 13.5. The minimum atomic E-state index is -4.95. The Morgan fingerprint density at radius 3 is 2.16 bits per heavy atom. The summed E-state index contributed by atoms with van der Waals surface area (Å²) in [5.41, 5.74) is -1.62. The highest BCUT2D eigenvalue weighted by atomic mass is 79.9. The number of anilines is 1. The summed E-state index contributed by atoms with van der Waals surface area (Å²) in [5, 5.41) is 0. The zero-order valence-corrected chi connectivity index (χ0v) is 20.6. The fourth-order valence-electron chi connectivity index (χ4n) is 4.06. The average Bonchev–Trinajstić information content (AvgIpc) is 3.59. The van der Waals surface area contributed by atoms with Gasteiger partial charge in [0, 0.05) is 31.7 Å². The predicted molar refractivity (Wildman–Crippen MR) is 126 cm³/mol. The van der Waals surface area contributed by atoms with Crippen molar-refractivity contribution in [3.05, 3.63) is 75.9 Å². The van der Waals surface area contributed by atoms with Crippen LogP contribution < -0.4 is 4.90 Å². The zero-order chi connectivity index (χ0) is 26.4. The first-order valence-corrected chi connectivity index (χ1v) is 12.1. The van der Waals surface area contributed by atoms with Gasteiger partial charge in [0.1, 0.15) is 5.82 Å². The molecule has 5 rings (SSSR count). The number of hydrogen-bond donors (Lipinski definition) is 0. The van der Waals surface area contributed by atoms with Crippen molar-refractivity contribution in [1.29, 1.82) is 0 Å². The molecule has 0 spiro atoms. The molecular formula is C24H19BrF6N6. The van der Waals surface area contributed by atoms with E-state index in [1.54, 1.807) is 12.3 Å². The van der Waals surface area contributed by atoms with Gasteiger partial charge in [-0.1, -0.05) is 0 Å². The lowest BCUT2D eigenvalue weighted by atomic mass is 10.0. The van der Waals surface area contributed by atoms with Crippen LogP contribution >= 0.6 is 15.9 Å². The van der Waals surface area contributed by atoms with Crippen LogP contribution in [0.15, 0.2) is 53.4 Å². The van der Waals surface area contributed by atoms with E-state index >= 15 is 0 Å². The van der Waals surface area contributed by atoms with Crippen LogP contribution in [0.3, 0.4) is 0 Å². The van der Waals surface area contributed by atoms with Crippen molar-refractivity contribution in [2.75, 3.05) is 4.90 Å². The quantitative estimate of drug-likeness (QED) is 0.228. The SMILES string of the molecule is FC(F)(F)c1cc(CN(Cc2nc3ncccc3n2CC2CC2)c2ncc(Br)cn2)cc(C(F)(F)F)c1. The summed E-state index contributed by atoms with van der Waals surface area (Å²) in [7, 11) is 0. The van der Waals surface area contributed by atoms with E-state index in [4.69, 9.17) is 0 Å². The number of halogens is 7. The van der Waals surface area contributed by atoms with Crippen LogP contribution in [0, 0.1) is 5.92 Å². The fraction of sp³-hybridized carbons (Fsp3) is 0.333. The smallest absolute Gasteiger partial charge is 0.329 e. The Balaban J connectivity index is 1.56. The highest BCUT2D eigenvalue weighted by Crippen LogP contribution is 2.37. The summed E-state index contributed by atoms with van der Waals surface area (Å²) in [6.07, 6.45) is -3.23. The molecule has 13 heteroatoms. The molecule has 0 unspecified atom stereocenters. The number of hydrogen-bond acceptors (Lipinski definition) is 5. The van der Waals surface area contributed by atoms with Gasteiger partial charge < -0.3 is 9.47 Å². The number of imidazole rings is 1. The first-order valence-electron chi connectivity index (χ1n) is 11.3. The summed E-state index contributed by atoms with van der Waals surface area (Å²) in [6, 6.07) is 5.22. The molecule has 1 fully saturated rings. The standard InChI is InChI=1S/C24H19BrF6N6/c25-18-9-33-22(34-10-18)36(11-15-6-16(23(26,27)28)8-17(7-15)24(29,30)31)13-20-35-21-19(2-1-5-32-21)37(20)12-14-3-4-14/h1-2,5-10,14H,3-4,11-13H2. The van der Waals surface area contributed by atoms with Gasteiger partial charge in [-0.2, -0.15) is 26.3 Å². The number of alkyl halides is 6. The predicted octanol–water partition coefficient (Wildman–Crippen LogP) is 6.64. The first-order chi connectivity index (χ1) is 17.5. The average molecular weight is 585 g/mol. The van der Waals surface area contributed by atoms with E-state index in [1.807, 2.05) is 10.6 Å². The summed E-state index contributed by atoms with van der Waals surface area (Å²) < 4.78 is 83.3. The Labute approximate surface area is 215 Å². The molecule has 1 saturated carbocycles. The zero-order valence-electron chi connectivity index (χ0n) is 19.1. The summed E-state index contributed by atoms with van der Waals surface area (Å²) in [6.45, 7) is 0.422. The van der Waals surface area contributed by atoms with Crippen LogP contribution in [0.5, 0.6) is 0 Å². The molecule has 4 aromatic rings. The maximum Gasteiger partial charge on any atom is 0.416 e. The monoisotopic (exact) mass is 584 g/mol. The molecule has 0 saturated heterocycles. The van der Waals surface area contributed by atoms with E-state index in [9.17, 15) is 26.3 Å². The van der Waals surface area contributed by atoms with Crippen molar-refractivity contribution in [1.82, 2.24) is 24.5 Å². The summed E-state index contributed by atoms with van der Waals surface area (Å²) >= 11 is 3.24. The summed E-state index contributed by atoms with van der Waals surface area (Å²) in [4.78, 5) is 18.9. The van der Waals surface area contributed by atoms with Gasteiger partial charge in [-0.25, -0.2) is 19.9 Å². The minimum Gasteiger partial charge on any atom is -0.329 e. The number of rotatable bonds is 7. The molecule has 0 aliphatic heterocycles. The fourth-order valence-corrected chi connectivity index (χ4v) is 4.26. The van der Waals surface area contributed by atoms with Crippen LogP contribution in [0.2, 0.25) is 0 Å². The number of benzene rings is 1. The van der Waals surface area contributed by atoms with Crippen LogP contribution in [-0.2, 0) is 32.0 Å². The van der Waals surface area contributed by atoms with E-state index < -0.39 is 23.5 Å². The molecule has 0 amide bonds. The highest BCUT2D eigenvalue weighted by molar-refractivity contribution is 9.10. The Morgan fingerprint density at radius 2 is 1.57 bits per heavy atom. The van der Waals surface area contributed by atoms with Crippen LogP contribution in [0.4, 0.5) is 32.3 Å². The third kappa shape index (κ3) is 5.86. The van der Waals surface area contributed by atoms with Gasteiger partial charge in [-0.3, -0.25) is 0 Å². The normalized spacial score (nSPS) is 14.4. The van der Waals surface area contributed by atoms with E-state index in [2.05, 4.69) is 35.9 Å². The molecular weight excluding hydrogens is 566 g/mol. The highest BCUT2D eigenvalue weighted by Gasteiger charge is 2.37. The molecule has 0 bridgehead atoms. The largest absolute Gasteiger partial charge is 0.416 e. The minimum absolute atomic E-state index is 0.0440. The van der Waals surface area contributed by atoms with E-state index in [0.717, 1.165) is 30.5 Å². The van der Waals surface area contributed by atoms with Gasteiger partial charge >= 0.3 is 12.4 Å². The Kier molecular flexibility index (Phi) is 6.59. The molecule has 0 N–H and O–H groups in total. The Bertz CT molecular complexity index is 1380. The molecule has 1 aromatic carbocycles. The first kappa shape index (κ1) is 25.4. The maximum absolute atomic E-state index is 13.5. The van der Waals surface area contributed by atoms with E-state index in [0.29, 0.717) is 28.4 Å². The molecule has 3 aromatic heterocycles. The van der Waals surface area contributed by atoms with Crippen molar-refractivity contribution in [2.24, 2.45) is 5.92 Å². The van der Waals surface area contributed by atoms with Crippen molar-refractivity contribution in [2.45, 2.75) is 44.8 Å². The second-order valence-corrected chi connectivity index (χ2v) is 9.82. The van der Waals surface area contributed by atoms with E-state index in [1.165, 1.54) is 17.3 Å². The van der Waals surface area contributed by atoms with Gasteiger partial charge in [-0.15, -0.1) is 0 Å². The molecule has 6 nitrogen and oxygen atoms in total. The number of fused-ring (bicyclic) bond motifs is 1. The van der Waals surface area contributed by atoms with Gasteiger partial charge in [-0.05, 0) is 70.6 Å². The lowest BCUT2D eigenvalue weighted by Crippen LogP contribution is -2.27. The van der Waals surface area contributed by atoms with Gasteiger partial charge in [0.05, 0.1) is 27.7 Å². The molecule has 3 heterocycles. The van der Waals surface area contributed by atoms with E-state index in [-0.39, 0.29) is 30.7 Å².